The van der Waals surface area contributed by atoms with Gasteiger partial charge in [-0.25, -0.2) is 4.98 Å². The molecule has 27 heavy (non-hydrogen) atoms. The summed E-state index contributed by atoms with van der Waals surface area (Å²) < 4.78 is 0. The highest BCUT2D eigenvalue weighted by molar-refractivity contribution is 6.31. The molecule has 0 unspecified atom stereocenters. The summed E-state index contributed by atoms with van der Waals surface area (Å²) in [4.78, 5) is 22.6. The van der Waals surface area contributed by atoms with Crippen molar-refractivity contribution in [2.45, 2.75) is 33.4 Å². The van der Waals surface area contributed by atoms with Gasteiger partial charge < -0.3 is 4.98 Å². The number of hydrogen-bond acceptors (Lipinski definition) is 3. The first-order chi connectivity index (χ1) is 13.0. The smallest absolute Gasteiger partial charge is 0.254 e. The lowest BCUT2D eigenvalue weighted by Gasteiger charge is -2.28. The molecule has 0 amide bonds. The zero-order valence-corrected chi connectivity index (χ0v) is 16.3. The summed E-state index contributed by atoms with van der Waals surface area (Å²) in [5.74, 6) is 0.634. The van der Waals surface area contributed by atoms with Gasteiger partial charge >= 0.3 is 0 Å². The Morgan fingerprint density at radius 2 is 1.93 bits per heavy atom. The third-order valence-corrected chi connectivity index (χ3v) is 5.57. The highest BCUT2D eigenvalue weighted by Gasteiger charge is 2.22. The van der Waals surface area contributed by atoms with Crippen molar-refractivity contribution in [3.05, 3.63) is 85.8 Å². The summed E-state index contributed by atoms with van der Waals surface area (Å²) in [6.07, 6.45) is 0.704. The Labute approximate surface area is 163 Å². The van der Waals surface area contributed by atoms with Gasteiger partial charge in [0.2, 0.25) is 0 Å². The second-order valence-corrected chi connectivity index (χ2v) is 7.61. The minimum Gasteiger partial charge on any atom is -0.306 e. The summed E-state index contributed by atoms with van der Waals surface area (Å²) in [7, 11) is 0. The van der Waals surface area contributed by atoms with Gasteiger partial charge in [-0.2, -0.15) is 0 Å². The molecule has 2 heterocycles. The number of hydrogen-bond donors (Lipinski definition) is 1. The predicted molar refractivity (Wildman–Crippen MR) is 109 cm³/mol. The molecule has 1 N–H and O–H groups in total. The van der Waals surface area contributed by atoms with Crippen LogP contribution in [0.5, 0.6) is 0 Å². The van der Waals surface area contributed by atoms with E-state index < -0.39 is 0 Å². The number of aromatic nitrogens is 2. The van der Waals surface area contributed by atoms with Crippen LogP contribution in [0, 0.1) is 13.8 Å². The van der Waals surface area contributed by atoms with E-state index in [0.29, 0.717) is 18.8 Å². The Morgan fingerprint density at radius 3 is 2.67 bits per heavy atom. The number of fused-ring (bicyclic) bond motifs is 1. The molecule has 1 aliphatic heterocycles. The second-order valence-electron chi connectivity index (χ2n) is 7.20. The molecule has 0 saturated carbocycles. The first kappa shape index (κ1) is 18.0. The lowest BCUT2D eigenvalue weighted by Crippen LogP contribution is -2.35. The summed E-state index contributed by atoms with van der Waals surface area (Å²) in [5, 5.41) is 0.792. The summed E-state index contributed by atoms with van der Waals surface area (Å²) in [6.45, 7) is 6.37. The van der Waals surface area contributed by atoms with Crippen molar-refractivity contribution in [1.82, 2.24) is 14.9 Å². The number of aryl methyl sites for hydroxylation is 2. The summed E-state index contributed by atoms with van der Waals surface area (Å²) in [5.41, 5.74) is 6.09. The van der Waals surface area contributed by atoms with Crippen molar-refractivity contribution < 1.29 is 0 Å². The quantitative estimate of drug-likeness (QED) is 0.739. The molecule has 138 valence electrons. The summed E-state index contributed by atoms with van der Waals surface area (Å²) >= 11 is 6.39. The van der Waals surface area contributed by atoms with E-state index in [0.717, 1.165) is 40.5 Å². The SMILES string of the molecule is Cc1ccc(-c2nc3c(c(=O)[nH]2)CCN(Cc2c(C)cccc2Cl)C3)cc1. The first-order valence-electron chi connectivity index (χ1n) is 9.17. The van der Waals surface area contributed by atoms with Gasteiger partial charge in [-0.05, 0) is 37.5 Å². The summed E-state index contributed by atoms with van der Waals surface area (Å²) in [6, 6.07) is 14.0. The molecule has 4 rings (SSSR count). The Hall–Kier alpha value is -2.43. The monoisotopic (exact) mass is 379 g/mol. The lowest BCUT2D eigenvalue weighted by atomic mass is 10.0. The van der Waals surface area contributed by atoms with E-state index in [9.17, 15) is 4.79 Å². The van der Waals surface area contributed by atoms with Crippen LogP contribution in [0.3, 0.4) is 0 Å². The van der Waals surface area contributed by atoms with Crippen LogP contribution in [-0.4, -0.2) is 21.4 Å². The molecule has 0 spiro atoms. The van der Waals surface area contributed by atoms with E-state index in [1.54, 1.807) is 0 Å². The van der Waals surface area contributed by atoms with E-state index in [4.69, 9.17) is 16.6 Å². The van der Waals surface area contributed by atoms with Crippen LogP contribution in [0.1, 0.15) is 27.9 Å². The van der Waals surface area contributed by atoms with Gasteiger partial charge in [0.05, 0.1) is 5.69 Å². The molecule has 5 heteroatoms. The predicted octanol–water partition coefficient (Wildman–Crippen LogP) is 4.27. The maximum Gasteiger partial charge on any atom is 0.254 e. The van der Waals surface area contributed by atoms with Crippen LogP contribution in [0.4, 0.5) is 0 Å². The molecule has 0 radical (unpaired) electrons. The van der Waals surface area contributed by atoms with Crippen LogP contribution < -0.4 is 5.56 Å². The highest BCUT2D eigenvalue weighted by atomic mass is 35.5. The fourth-order valence-corrected chi connectivity index (χ4v) is 3.85. The topological polar surface area (TPSA) is 49.0 Å². The standard InChI is InChI=1S/C22H22ClN3O/c1-14-6-8-16(9-7-14)21-24-20-13-26(11-10-17(20)22(27)25-21)12-18-15(2)4-3-5-19(18)23/h3-9H,10-13H2,1-2H3,(H,24,25,27). The zero-order valence-electron chi connectivity index (χ0n) is 15.6. The fourth-order valence-electron chi connectivity index (χ4n) is 3.57. The zero-order chi connectivity index (χ0) is 19.0. The number of nitrogens with zero attached hydrogens (tertiary/aromatic N) is 2. The van der Waals surface area contributed by atoms with Crippen LogP contribution in [-0.2, 0) is 19.5 Å². The molecule has 2 aromatic carbocycles. The number of halogens is 1. The minimum atomic E-state index is -0.0239. The molecule has 0 bridgehead atoms. The minimum absolute atomic E-state index is 0.0239. The first-order valence-corrected chi connectivity index (χ1v) is 9.54. The van der Waals surface area contributed by atoms with E-state index >= 15 is 0 Å². The van der Waals surface area contributed by atoms with Crippen LogP contribution in [0.15, 0.2) is 47.3 Å². The van der Waals surface area contributed by atoms with Crippen molar-refractivity contribution in [1.29, 1.82) is 0 Å². The molecule has 0 fully saturated rings. The second kappa shape index (κ2) is 7.29. The Balaban J connectivity index is 1.63. The van der Waals surface area contributed by atoms with Crippen molar-refractivity contribution in [3.63, 3.8) is 0 Å². The third kappa shape index (κ3) is 3.68. The maximum atomic E-state index is 12.6. The van der Waals surface area contributed by atoms with E-state index in [1.165, 1.54) is 11.1 Å². The van der Waals surface area contributed by atoms with Crippen molar-refractivity contribution in [2.75, 3.05) is 6.54 Å². The van der Waals surface area contributed by atoms with Gasteiger partial charge in [0.25, 0.3) is 5.56 Å². The molecule has 1 aromatic heterocycles. The molecular formula is C22H22ClN3O. The molecule has 3 aromatic rings. The molecule has 0 saturated heterocycles. The fraction of sp³-hybridized carbons (Fsp3) is 0.273. The van der Waals surface area contributed by atoms with E-state index in [-0.39, 0.29) is 5.56 Å². The van der Waals surface area contributed by atoms with Gasteiger partial charge in [0, 0.05) is 35.8 Å². The van der Waals surface area contributed by atoms with Crippen LogP contribution >= 0.6 is 11.6 Å². The number of aromatic amines is 1. The van der Waals surface area contributed by atoms with Gasteiger partial charge in [-0.15, -0.1) is 0 Å². The van der Waals surface area contributed by atoms with Crippen LogP contribution in [0.25, 0.3) is 11.4 Å². The van der Waals surface area contributed by atoms with Crippen molar-refractivity contribution in [2.24, 2.45) is 0 Å². The highest BCUT2D eigenvalue weighted by Crippen LogP contribution is 2.25. The number of benzene rings is 2. The Morgan fingerprint density at radius 1 is 1.15 bits per heavy atom. The maximum absolute atomic E-state index is 12.6. The molecular weight excluding hydrogens is 358 g/mol. The van der Waals surface area contributed by atoms with Gasteiger partial charge in [0.1, 0.15) is 5.82 Å². The Kier molecular flexibility index (Phi) is 4.85. The molecule has 0 atom stereocenters. The average molecular weight is 380 g/mol. The number of rotatable bonds is 3. The normalized spacial score (nSPS) is 14.2. The van der Waals surface area contributed by atoms with Crippen molar-refractivity contribution >= 4 is 11.6 Å². The van der Waals surface area contributed by atoms with Crippen LogP contribution in [0.2, 0.25) is 5.02 Å². The number of H-pyrrole nitrogens is 1. The average Bonchev–Trinajstić information content (AvgIpc) is 2.65. The van der Waals surface area contributed by atoms with E-state index in [2.05, 4.69) is 22.9 Å². The number of nitrogens with one attached hydrogen (secondary N) is 1. The van der Waals surface area contributed by atoms with Gasteiger partial charge in [-0.3, -0.25) is 9.69 Å². The lowest BCUT2D eigenvalue weighted by molar-refractivity contribution is 0.240. The van der Waals surface area contributed by atoms with E-state index in [1.807, 2.05) is 43.3 Å². The Bertz CT molecular complexity index is 1020. The molecule has 4 nitrogen and oxygen atoms in total. The molecule has 0 aliphatic carbocycles. The van der Waals surface area contributed by atoms with Gasteiger partial charge in [0.15, 0.2) is 0 Å². The third-order valence-electron chi connectivity index (χ3n) is 5.21. The van der Waals surface area contributed by atoms with Gasteiger partial charge in [-0.1, -0.05) is 53.6 Å². The molecule has 1 aliphatic rings. The largest absolute Gasteiger partial charge is 0.306 e. The van der Waals surface area contributed by atoms with Crippen molar-refractivity contribution in [3.8, 4) is 11.4 Å².